The van der Waals surface area contributed by atoms with Gasteiger partial charge in [-0.1, -0.05) is 62.6 Å². The third kappa shape index (κ3) is 3.09. The molecule has 0 aliphatic carbocycles. The van der Waals surface area contributed by atoms with Crippen molar-refractivity contribution < 1.29 is 0 Å². The average Bonchev–Trinajstić information content (AvgIpc) is 2.43. The Morgan fingerprint density at radius 3 is 2.56 bits per heavy atom. The van der Waals surface area contributed by atoms with Crippen LogP contribution in [0, 0.1) is 0 Å². The Bertz CT molecular complexity index is 493. The molecule has 18 heavy (non-hydrogen) atoms. The minimum atomic E-state index is 0.265. The van der Waals surface area contributed by atoms with Crippen molar-refractivity contribution in [1.29, 1.82) is 0 Å². The molecule has 0 aliphatic rings. The van der Waals surface area contributed by atoms with Crippen molar-refractivity contribution in [1.82, 2.24) is 5.43 Å². The molecule has 96 valence electrons. The third-order valence-corrected chi connectivity index (χ3v) is 3.47. The Morgan fingerprint density at radius 1 is 1.06 bits per heavy atom. The lowest BCUT2D eigenvalue weighted by atomic mass is 9.98. The standard InChI is InChI=1S/C16H22N2/c1-2-3-4-9-16(18-17)15-11-10-13-7-5-6-8-14(13)12-15/h5-8,10-12,16,18H,2-4,9,17H2,1H3. The highest BCUT2D eigenvalue weighted by Crippen LogP contribution is 2.23. The molecule has 0 amide bonds. The van der Waals surface area contributed by atoms with Gasteiger partial charge < -0.3 is 0 Å². The van der Waals surface area contributed by atoms with E-state index >= 15 is 0 Å². The van der Waals surface area contributed by atoms with E-state index in [2.05, 4.69) is 54.8 Å². The first-order valence-electron chi connectivity index (χ1n) is 6.80. The van der Waals surface area contributed by atoms with Crippen LogP contribution in [-0.4, -0.2) is 0 Å². The highest BCUT2D eigenvalue weighted by Gasteiger charge is 2.09. The first-order chi connectivity index (χ1) is 8.85. The fourth-order valence-electron chi connectivity index (χ4n) is 2.37. The average molecular weight is 242 g/mol. The summed E-state index contributed by atoms with van der Waals surface area (Å²) in [7, 11) is 0. The van der Waals surface area contributed by atoms with Gasteiger partial charge in [-0.3, -0.25) is 11.3 Å². The molecule has 1 atom stereocenters. The smallest absolute Gasteiger partial charge is 0.0460 e. The van der Waals surface area contributed by atoms with Crippen LogP contribution in [0.1, 0.15) is 44.2 Å². The van der Waals surface area contributed by atoms with Gasteiger partial charge in [0, 0.05) is 6.04 Å². The maximum Gasteiger partial charge on any atom is 0.0460 e. The molecular weight excluding hydrogens is 220 g/mol. The minimum absolute atomic E-state index is 0.265. The number of rotatable bonds is 6. The summed E-state index contributed by atoms with van der Waals surface area (Å²) in [5.41, 5.74) is 4.23. The third-order valence-electron chi connectivity index (χ3n) is 3.47. The Hall–Kier alpha value is -1.38. The molecule has 0 spiro atoms. The summed E-state index contributed by atoms with van der Waals surface area (Å²) in [6, 6.07) is 15.3. The second-order valence-electron chi connectivity index (χ2n) is 4.82. The van der Waals surface area contributed by atoms with Crippen molar-refractivity contribution in [3.63, 3.8) is 0 Å². The predicted octanol–water partition coefficient (Wildman–Crippen LogP) is 3.92. The molecule has 0 heterocycles. The highest BCUT2D eigenvalue weighted by atomic mass is 15.2. The van der Waals surface area contributed by atoms with Crippen molar-refractivity contribution in [2.45, 2.75) is 38.6 Å². The van der Waals surface area contributed by atoms with E-state index in [1.807, 2.05) is 0 Å². The van der Waals surface area contributed by atoms with Gasteiger partial charge in [0.25, 0.3) is 0 Å². The van der Waals surface area contributed by atoms with Crippen LogP contribution in [0.2, 0.25) is 0 Å². The summed E-state index contributed by atoms with van der Waals surface area (Å²) in [6.07, 6.45) is 4.83. The molecule has 3 N–H and O–H groups in total. The number of nitrogens with two attached hydrogens (primary N) is 1. The molecule has 0 saturated heterocycles. The number of hydrazine groups is 1. The zero-order valence-corrected chi connectivity index (χ0v) is 11.0. The van der Waals surface area contributed by atoms with E-state index in [1.54, 1.807) is 0 Å². The lowest BCUT2D eigenvalue weighted by molar-refractivity contribution is 0.487. The van der Waals surface area contributed by atoms with Crippen LogP contribution in [0.3, 0.4) is 0 Å². The number of unbranched alkanes of at least 4 members (excludes halogenated alkanes) is 2. The Labute approximate surface area is 109 Å². The van der Waals surface area contributed by atoms with Crippen LogP contribution < -0.4 is 11.3 Å². The summed E-state index contributed by atoms with van der Waals surface area (Å²) < 4.78 is 0. The minimum Gasteiger partial charge on any atom is -0.271 e. The van der Waals surface area contributed by atoms with Gasteiger partial charge >= 0.3 is 0 Å². The molecule has 0 aliphatic heterocycles. The van der Waals surface area contributed by atoms with E-state index in [0.717, 1.165) is 6.42 Å². The van der Waals surface area contributed by atoms with Crippen molar-refractivity contribution in [3.8, 4) is 0 Å². The van der Waals surface area contributed by atoms with Gasteiger partial charge in [-0.2, -0.15) is 0 Å². The summed E-state index contributed by atoms with van der Waals surface area (Å²) in [6.45, 7) is 2.22. The van der Waals surface area contributed by atoms with E-state index in [4.69, 9.17) is 5.84 Å². The van der Waals surface area contributed by atoms with E-state index in [-0.39, 0.29) is 6.04 Å². The first kappa shape index (κ1) is 13.1. The number of hydrogen-bond acceptors (Lipinski definition) is 2. The predicted molar refractivity (Wildman–Crippen MR) is 78.2 cm³/mol. The topological polar surface area (TPSA) is 38.0 Å². The molecule has 1 unspecified atom stereocenters. The number of benzene rings is 2. The van der Waals surface area contributed by atoms with Crippen LogP contribution >= 0.6 is 0 Å². The summed E-state index contributed by atoms with van der Waals surface area (Å²) in [5, 5.41) is 2.57. The molecule has 0 radical (unpaired) electrons. The zero-order chi connectivity index (χ0) is 12.8. The highest BCUT2D eigenvalue weighted by molar-refractivity contribution is 5.83. The second kappa shape index (κ2) is 6.53. The van der Waals surface area contributed by atoms with Crippen molar-refractivity contribution in [2.24, 2.45) is 5.84 Å². The Kier molecular flexibility index (Phi) is 4.73. The van der Waals surface area contributed by atoms with E-state index < -0.39 is 0 Å². The van der Waals surface area contributed by atoms with E-state index in [1.165, 1.54) is 35.6 Å². The summed E-state index contributed by atoms with van der Waals surface area (Å²) in [4.78, 5) is 0. The summed E-state index contributed by atoms with van der Waals surface area (Å²) >= 11 is 0. The first-order valence-corrected chi connectivity index (χ1v) is 6.80. The number of hydrogen-bond donors (Lipinski definition) is 2. The fourth-order valence-corrected chi connectivity index (χ4v) is 2.37. The molecule has 0 fully saturated rings. The van der Waals surface area contributed by atoms with Gasteiger partial charge in [0.05, 0.1) is 0 Å². The quantitative estimate of drug-likeness (QED) is 0.457. The Morgan fingerprint density at radius 2 is 1.83 bits per heavy atom. The second-order valence-corrected chi connectivity index (χ2v) is 4.82. The van der Waals surface area contributed by atoms with Crippen molar-refractivity contribution in [2.75, 3.05) is 0 Å². The molecule has 2 aromatic rings. The SMILES string of the molecule is CCCCCC(NN)c1ccc2ccccc2c1. The largest absolute Gasteiger partial charge is 0.271 e. The van der Waals surface area contributed by atoms with E-state index in [0.29, 0.717) is 0 Å². The maximum atomic E-state index is 5.68. The molecule has 0 aromatic heterocycles. The molecule has 2 heteroatoms. The summed E-state index contributed by atoms with van der Waals surface area (Å²) in [5.74, 6) is 5.68. The van der Waals surface area contributed by atoms with Gasteiger partial charge in [0.15, 0.2) is 0 Å². The lowest BCUT2D eigenvalue weighted by Crippen LogP contribution is -2.27. The van der Waals surface area contributed by atoms with E-state index in [9.17, 15) is 0 Å². The number of fused-ring (bicyclic) bond motifs is 1. The molecule has 0 bridgehead atoms. The molecule has 2 rings (SSSR count). The molecule has 2 nitrogen and oxygen atoms in total. The van der Waals surface area contributed by atoms with Crippen LogP contribution in [-0.2, 0) is 0 Å². The van der Waals surface area contributed by atoms with Crippen LogP contribution in [0.25, 0.3) is 10.8 Å². The van der Waals surface area contributed by atoms with Crippen molar-refractivity contribution >= 4 is 10.8 Å². The molecular formula is C16H22N2. The van der Waals surface area contributed by atoms with Gasteiger partial charge in [0.2, 0.25) is 0 Å². The normalized spacial score (nSPS) is 12.8. The van der Waals surface area contributed by atoms with Crippen LogP contribution in [0.15, 0.2) is 42.5 Å². The lowest BCUT2D eigenvalue weighted by Gasteiger charge is -2.16. The van der Waals surface area contributed by atoms with Crippen LogP contribution in [0.5, 0.6) is 0 Å². The number of nitrogens with one attached hydrogen (secondary N) is 1. The van der Waals surface area contributed by atoms with Gasteiger partial charge in [0.1, 0.15) is 0 Å². The van der Waals surface area contributed by atoms with Crippen molar-refractivity contribution in [3.05, 3.63) is 48.0 Å². The van der Waals surface area contributed by atoms with Crippen LogP contribution in [0.4, 0.5) is 0 Å². The van der Waals surface area contributed by atoms with Gasteiger partial charge in [-0.25, -0.2) is 0 Å². The molecule has 2 aromatic carbocycles. The fraction of sp³-hybridized carbons (Fsp3) is 0.375. The zero-order valence-electron chi connectivity index (χ0n) is 11.0. The van der Waals surface area contributed by atoms with Gasteiger partial charge in [-0.05, 0) is 28.8 Å². The Balaban J connectivity index is 2.17. The monoisotopic (exact) mass is 242 g/mol. The molecule has 0 saturated carbocycles. The van der Waals surface area contributed by atoms with Gasteiger partial charge in [-0.15, -0.1) is 0 Å². The maximum absolute atomic E-state index is 5.68.